The highest BCUT2D eigenvalue weighted by Gasteiger charge is 2.34. The van der Waals surface area contributed by atoms with E-state index in [0.717, 1.165) is 16.8 Å². The number of carbonyl (C=O) groups is 1. The number of ether oxygens (including phenoxy) is 1. The maximum absolute atomic E-state index is 13.4. The Morgan fingerprint density at radius 2 is 1.85 bits per heavy atom. The third-order valence-corrected chi connectivity index (χ3v) is 8.66. The Kier molecular flexibility index (Phi) is 5.97. The zero-order valence-electron chi connectivity index (χ0n) is 19.0. The average Bonchev–Trinajstić information content (AvgIpc) is 3.42. The van der Waals surface area contributed by atoms with Crippen molar-refractivity contribution in [2.75, 3.05) is 37.7 Å². The number of nitrogens with zero attached hydrogens (tertiary/aromatic N) is 4. The van der Waals surface area contributed by atoms with Crippen LogP contribution in [0.15, 0.2) is 47.5 Å². The minimum Gasteiger partial charge on any atom is -0.379 e. The fraction of sp³-hybridized carbons (Fsp3) is 0.333. The standard InChI is InChI=1S/C24H25ClN4O4S/c1-16-6-7-21(34(31,32)27-10-12-33-13-11-27)17(2)22(16)28-9-8-19-15-26-29(23(19)28)24(30)18-4-3-5-20(25)14-18/h3-7,14-15H,8-13H2,1-2H3. The molecule has 3 aromatic rings. The molecule has 0 aliphatic carbocycles. The van der Waals surface area contributed by atoms with Gasteiger partial charge in [-0.2, -0.15) is 14.1 Å². The fourth-order valence-corrected chi connectivity index (χ4v) is 6.55. The Bertz CT molecular complexity index is 1380. The normalized spacial score (nSPS) is 16.6. The first-order valence-corrected chi connectivity index (χ1v) is 12.9. The molecule has 2 aliphatic heterocycles. The Hall–Kier alpha value is -2.72. The second-order valence-electron chi connectivity index (χ2n) is 8.49. The van der Waals surface area contributed by atoms with E-state index >= 15 is 0 Å². The number of morpholine rings is 1. The van der Waals surface area contributed by atoms with Gasteiger partial charge in [0, 0.05) is 41.5 Å². The number of halogens is 1. The molecule has 1 fully saturated rings. The minimum atomic E-state index is -3.68. The molecule has 0 N–H and O–H groups in total. The van der Waals surface area contributed by atoms with E-state index in [9.17, 15) is 13.2 Å². The highest BCUT2D eigenvalue weighted by atomic mass is 35.5. The Balaban J connectivity index is 1.58. The summed E-state index contributed by atoms with van der Waals surface area (Å²) in [6.07, 6.45) is 2.41. The molecule has 34 heavy (non-hydrogen) atoms. The van der Waals surface area contributed by atoms with Gasteiger partial charge in [-0.25, -0.2) is 8.42 Å². The van der Waals surface area contributed by atoms with E-state index in [-0.39, 0.29) is 10.8 Å². The quantitative estimate of drug-likeness (QED) is 0.544. The smallest absolute Gasteiger partial charge is 0.280 e. The van der Waals surface area contributed by atoms with Crippen LogP contribution in [0.5, 0.6) is 0 Å². The van der Waals surface area contributed by atoms with Gasteiger partial charge in [0.05, 0.1) is 24.3 Å². The van der Waals surface area contributed by atoms with Crippen LogP contribution in [0.3, 0.4) is 0 Å². The van der Waals surface area contributed by atoms with Crippen molar-refractivity contribution in [3.63, 3.8) is 0 Å². The summed E-state index contributed by atoms with van der Waals surface area (Å²) in [5, 5.41) is 4.84. The molecule has 1 saturated heterocycles. The van der Waals surface area contributed by atoms with E-state index in [1.165, 1.54) is 8.99 Å². The lowest BCUT2D eigenvalue weighted by Crippen LogP contribution is -2.41. The first kappa shape index (κ1) is 23.0. The topological polar surface area (TPSA) is 84.7 Å². The molecule has 2 aliphatic rings. The largest absolute Gasteiger partial charge is 0.379 e. The van der Waals surface area contributed by atoms with Crippen molar-refractivity contribution in [3.8, 4) is 0 Å². The highest BCUT2D eigenvalue weighted by Crippen LogP contribution is 2.40. The van der Waals surface area contributed by atoms with Crippen molar-refractivity contribution in [1.82, 2.24) is 14.1 Å². The molecule has 10 heteroatoms. The molecule has 0 radical (unpaired) electrons. The van der Waals surface area contributed by atoms with Crippen LogP contribution in [0, 0.1) is 13.8 Å². The van der Waals surface area contributed by atoms with E-state index in [2.05, 4.69) is 5.10 Å². The number of rotatable bonds is 4. The first-order valence-electron chi connectivity index (χ1n) is 11.1. The van der Waals surface area contributed by atoms with E-state index in [0.29, 0.717) is 61.2 Å². The van der Waals surface area contributed by atoms with Crippen LogP contribution in [0.2, 0.25) is 5.02 Å². The lowest BCUT2D eigenvalue weighted by molar-refractivity contribution is 0.0730. The minimum absolute atomic E-state index is 0.274. The summed E-state index contributed by atoms with van der Waals surface area (Å²) >= 11 is 6.10. The van der Waals surface area contributed by atoms with Gasteiger partial charge in [-0.3, -0.25) is 4.79 Å². The molecule has 0 unspecified atom stereocenters. The predicted molar refractivity (Wildman–Crippen MR) is 130 cm³/mol. The molecule has 0 bridgehead atoms. The first-order chi connectivity index (χ1) is 16.3. The number of carbonyl (C=O) groups excluding carboxylic acids is 1. The molecule has 0 spiro atoms. The number of benzene rings is 2. The van der Waals surface area contributed by atoms with Crippen molar-refractivity contribution < 1.29 is 17.9 Å². The van der Waals surface area contributed by atoms with E-state index in [4.69, 9.17) is 16.3 Å². The van der Waals surface area contributed by atoms with Crippen LogP contribution in [-0.2, 0) is 21.2 Å². The maximum Gasteiger partial charge on any atom is 0.280 e. The highest BCUT2D eigenvalue weighted by molar-refractivity contribution is 7.89. The maximum atomic E-state index is 13.4. The molecule has 5 rings (SSSR count). The van der Waals surface area contributed by atoms with Crippen LogP contribution < -0.4 is 4.90 Å². The number of aromatic nitrogens is 2. The number of aryl methyl sites for hydroxylation is 1. The number of sulfonamides is 1. The monoisotopic (exact) mass is 500 g/mol. The van der Waals surface area contributed by atoms with Gasteiger partial charge in [-0.1, -0.05) is 23.7 Å². The molecule has 0 saturated carbocycles. The Morgan fingerprint density at radius 1 is 1.09 bits per heavy atom. The summed E-state index contributed by atoms with van der Waals surface area (Å²) in [6.45, 7) is 5.84. The van der Waals surface area contributed by atoms with Gasteiger partial charge in [-0.15, -0.1) is 0 Å². The summed E-state index contributed by atoms with van der Waals surface area (Å²) < 4.78 is 35.1. The molecule has 1 aromatic heterocycles. The van der Waals surface area contributed by atoms with Gasteiger partial charge in [0.1, 0.15) is 5.82 Å². The van der Waals surface area contributed by atoms with Crippen LogP contribution in [0.4, 0.5) is 11.5 Å². The number of fused-ring (bicyclic) bond motifs is 1. The summed E-state index contributed by atoms with van der Waals surface area (Å²) in [4.78, 5) is 15.6. The van der Waals surface area contributed by atoms with Crippen LogP contribution in [-0.4, -0.2) is 61.3 Å². The van der Waals surface area contributed by atoms with Gasteiger partial charge in [0.25, 0.3) is 5.91 Å². The molecule has 0 amide bonds. The van der Waals surface area contributed by atoms with Crippen LogP contribution >= 0.6 is 11.6 Å². The van der Waals surface area contributed by atoms with Crippen LogP contribution in [0.1, 0.15) is 27.0 Å². The Labute approximate surface area is 203 Å². The van der Waals surface area contributed by atoms with E-state index < -0.39 is 10.0 Å². The second-order valence-corrected chi connectivity index (χ2v) is 10.8. The molecule has 3 heterocycles. The molecule has 178 valence electrons. The molecular weight excluding hydrogens is 476 g/mol. The van der Waals surface area contributed by atoms with E-state index in [1.54, 1.807) is 36.5 Å². The lowest BCUT2D eigenvalue weighted by atomic mass is 10.1. The fourth-order valence-electron chi connectivity index (χ4n) is 4.73. The predicted octanol–water partition coefficient (Wildman–Crippen LogP) is 3.56. The zero-order valence-corrected chi connectivity index (χ0v) is 20.6. The van der Waals surface area contributed by atoms with Crippen molar-refractivity contribution in [1.29, 1.82) is 0 Å². The Morgan fingerprint density at radius 3 is 2.59 bits per heavy atom. The SMILES string of the molecule is Cc1ccc(S(=O)(=O)N2CCOCC2)c(C)c1N1CCc2cnn(C(=O)c3cccc(Cl)c3)c21. The number of hydrogen-bond donors (Lipinski definition) is 0. The van der Waals surface area contributed by atoms with Crippen molar-refractivity contribution in [2.45, 2.75) is 25.2 Å². The van der Waals surface area contributed by atoms with Gasteiger partial charge in [-0.05, 0) is 55.7 Å². The van der Waals surface area contributed by atoms with Crippen molar-refractivity contribution in [2.24, 2.45) is 0 Å². The van der Waals surface area contributed by atoms with Crippen molar-refractivity contribution in [3.05, 3.63) is 69.9 Å². The average molecular weight is 501 g/mol. The lowest BCUT2D eigenvalue weighted by Gasteiger charge is -2.29. The van der Waals surface area contributed by atoms with Gasteiger partial charge in [0.15, 0.2) is 0 Å². The third-order valence-electron chi connectivity index (χ3n) is 6.38. The van der Waals surface area contributed by atoms with Gasteiger partial charge >= 0.3 is 0 Å². The third kappa shape index (κ3) is 3.82. The molecule has 8 nitrogen and oxygen atoms in total. The number of hydrogen-bond acceptors (Lipinski definition) is 6. The molecule has 2 aromatic carbocycles. The summed E-state index contributed by atoms with van der Waals surface area (Å²) in [5.74, 6) is 0.375. The van der Waals surface area contributed by atoms with Gasteiger partial charge < -0.3 is 9.64 Å². The molecule has 0 atom stereocenters. The zero-order chi connectivity index (χ0) is 24.0. The van der Waals surface area contributed by atoms with Crippen molar-refractivity contribution >= 4 is 39.0 Å². The van der Waals surface area contributed by atoms with Gasteiger partial charge in [0.2, 0.25) is 10.0 Å². The summed E-state index contributed by atoms with van der Waals surface area (Å²) in [6, 6.07) is 10.3. The second kappa shape index (κ2) is 8.81. The molecular formula is C24H25ClN4O4S. The van der Waals surface area contributed by atoms with E-state index in [1.807, 2.05) is 24.8 Å². The summed E-state index contributed by atoms with van der Waals surface area (Å²) in [5.41, 5.74) is 3.74. The summed E-state index contributed by atoms with van der Waals surface area (Å²) in [7, 11) is -3.68. The number of anilines is 2. The van der Waals surface area contributed by atoms with Crippen LogP contribution in [0.25, 0.3) is 0 Å².